The molecule has 2 aromatic rings. The molecule has 122 valence electrons. The van der Waals surface area contributed by atoms with E-state index in [0.717, 1.165) is 16.3 Å². The van der Waals surface area contributed by atoms with Crippen LogP contribution in [0, 0.1) is 5.92 Å². The summed E-state index contributed by atoms with van der Waals surface area (Å²) in [6.45, 7) is 5.02. The van der Waals surface area contributed by atoms with E-state index in [1.54, 1.807) is 4.90 Å². The lowest BCUT2D eigenvalue weighted by Crippen LogP contribution is -2.34. The Balaban J connectivity index is 2.22. The van der Waals surface area contributed by atoms with Crippen LogP contribution in [0.5, 0.6) is 0 Å². The number of fused-ring (bicyclic) bond motifs is 1. The highest BCUT2D eigenvalue weighted by Gasteiger charge is 2.24. The van der Waals surface area contributed by atoms with Crippen molar-refractivity contribution in [3.05, 3.63) is 48.0 Å². The Morgan fingerprint density at radius 2 is 1.70 bits per heavy atom. The van der Waals surface area contributed by atoms with Gasteiger partial charge in [-0.05, 0) is 36.6 Å². The molecule has 0 aliphatic carbocycles. The number of carbonyl (C=O) groups is 2. The normalized spacial score (nSPS) is 12.1. The lowest BCUT2D eigenvalue weighted by molar-refractivity contribution is -0.145. The quantitative estimate of drug-likeness (QED) is 0.853. The Morgan fingerprint density at radius 1 is 1.04 bits per heavy atom. The number of hydrogen-bond acceptors (Lipinski definition) is 2. The van der Waals surface area contributed by atoms with Crippen LogP contribution in [0.15, 0.2) is 42.5 Å². The van der Waals surface area contributed by atoms with E-state index in [1.807, 2.05) is 56.3 Å². The molecule has 0 aliphatic heterocycles. The van der Waals surface area contributed by atoms with Crippen molar-refractivity contribution in [3.8, 4) is 0 Å². The van der Waals surface area contributed by atoms with Crippen LogP contribution in [0.25, 0.3) is 10.8 Å². The zero-order chi connectivity index (χ0) is 16.8. The molecule has 0 saturated heterocycles. The van der Waals surface area contributed by atoms with Gasteiger partial charge in [0.05, 0.1) is 5.92 Å². The van der Waals surface area contributed by atoms with Gasteiger partial charge in [0.2, 0.25) is 5.91 Å². The molecule has 0 aliphatic rings. The van der Waals surface area contributed by atoms with Crippen LogP contribution in [-0.2, 0) is 16.0 Å². The van der Waals surface area contributed by atoms with Crippen molar-refractivity contribution in [1.82, 2.24) is 4.90 Å². The molecule has 0 heterocycles. The first-order chi connectivity index (χ1) is 11.1. The number of carboxylic acid groups (broad SMARTS) is 1. The van der Waals surface area contributed by atoms with Gasteiger partial charge in [-0.15, -0.1) is 0 Å². The third kappa shape index (κ3) is 4.09. The first-order valence-corrected chi connectivity index (χ1v) is 8.04. The number of nitrogens with zero attached hydrogens (tertiary/aromatic N) is 1. The lowest BCUT2D eigenvalue weighted by Gasteiger charge is -2.21. The van der Waals surface area contributed by atoms with Gasteiger partial charge in [-0.2, -0.15) is 0 Å². The average Bonchev–Trinajstić information content (AvgIpc) is 2.55. The fourth-order valence-corrected chi connectivity index (χ4v) is 2.90. The number of aliphatic carboxylic acids is 1. The Kier molecular flexibility index (Phi) is 5.74. The molecule has 23 heavy (non-hydrogen) atoms. The molecule has 0 fully saturated rings. The van der Waals surface area contributed by atoms with Gasteiger partial charge in [-0.3, -0.25) is 9.59 Å². The van der Waals surface area contributed by atoms with Gasteiger partial charge in [0, 0.05) is 19.5 Å². The van der Waals surface area contributed by atoms with Crippen LogP contribution in [0.3, 0.4) is 0 Å². The lowest BCUT2D eigenvalue weighted by atomic mass is 9.92. The van der Waals surface area contributed by atoms with Crippen LogP contribution in [0.1, 0.15) is 25.8 Å². The van der Waals surface area contributed by atoms with E-state index >= 15 is 0 Å². The van der Waals surface area contributed by atoms with Gasteiger partial charge in [0.15, 0.2) is 0 Å². The molecule has 4 nitrogen and oxygen atoms in total. The molecule has 0 spiro atoms. The molecule has 1 N–H and O–H groups in total. The topological polar surface area (TPSA) is 57.6 Å². The van der Waals surface area contributed by atoms with Gasteiger partial charge >= 0.3 is 5.97 Å². The van der Waals surface area contributed by atoms with Crippen LogP contribution in [0.2, 0.25) is 0 Å². The summed E-state index contributed by atoms with van der Waals surface area (Å²) in [5, 5.41) is 11.7. The summed E-state index contributed by atoms with van der Waals surface area (Å²) < 4.78 is 0. The predicted octanol–water partition coefficient (Wildman–Crippen LogP) is 3.34. The fraction of sp³-hybridized carbons (Fsp3) is 0.368. The summed E-state index contributed by atoms with van der Waals surface area (Å²) >= 11 is 0. The summed E-state index contributed by atoms with van der Waals surface area (Å²) in [5.74, 6) is -1.71. The van der Waals surface area contributed by atoms with Crippen molar-refractivity contribution >= 4 is 22.6 Å². The molecular formula is C19H23NO3. The van der Waals surface area contributed by atoms with Crippen molar-refractivity contribution in [2.24, 2.45) is 5.92 Å². The minimum absolute atomic E-state index is 0.0419. The number of carboxylic acids is 1. The van der Waals surface area contributed by atoms with Crippen molar-refractivity contribution in [2.45, 2.75) is 26.7 Å². The van der Waals surface area contributed by atoms with Gasteiger partial charge in [0.25, 0.3) is 0 Å². The van der Waals surface area contributed by atoms with E-state index in [9.17, 15) is 14.7 Å². The molecule has 4 heteroatoms. The van der Waals surface area contributed by atoms with Crippen molar-refractivity contribution in [3.63, 3.8) is 0 Å². The first-order valence-electron chi connectivity index (χ1n) is 8.04. The maximum Gasteiger partial charge on any atom is 0.307 e. The smallest absolute Gasteiger partial charge is 0.307 e. The molecule has 0 radical (unpaired) electrons. The van der Waals surface area contributed by atoms with Gasteiger partial charge in [-0.25, -0.2) is 0 Å². The van der Waals surface area contributed by atoms with Crippen LogP contribution < -0.4 is 0 Å². The minimum atomic E-state index is -0.918. The van der Waals surface area contributed by atoms with Crippen molar-refractivity contribution in [1.29, 1.82) is 0 Å². The second kappa shape index (κ2) is 7.77. The Labute approximate surface area is 136 Å². The number of carbonyl (C=O) groups excluding carboxylic acids is 1. The molecule has 0 aromatic heterocycles. The molecular weight excluding hydrogens is 290 g/mol. The largest absolute Gasteiger partial charge is 0.481 e. The van der Waals surface area contributed by atoms with E-state index in [0.29, 0.717) is 19.5 Å². The number of benzene rings is 2. The minimum Gasteiger partial charge on any atom is -0.481 e. The Morgan fingerprint density at radius 3 is 2.35 bits per heavy atom. The second-order valence-corrected chi connectivity index (χ2v) is 5.65. The number of hydrogen-bond donors (Lipinski definition) is 1. The predicted molar refractivity (Wildman–Crippen MR) is 91.3 cm³/mol. The maximum atomic E-state index is 12.2. The molecule has 1 amide bonds. The molecule has 2 aromatic carbocycles. The highest BCUT2D eigenvalue weighted by Crippen LogP contribution is 2.23. The first kappa shape index (κ1) is 17.0. The SMILES string of the molecule is CCN(CC)C(=O)C[C@@H](Cc1cccc2ccccc12)C(=O)O. The molecule has 1 atom stereocenters. The zero-order valence-corrected chi connectivity index (χ0v) is 13.7. The zero-order valence-electron chi connectivity index (χ0n) is 13.7. The van der Waals surface area contributed by atoms with E-state index < -0.39 is 11.9 Å². The third-order valence-corrected chi connectivity index (χ3v) is 4.23. The summed E-state index contributed by atoms with van der Waals surface area (Å²) in [6.07, 6.45) is 0.407. The molecule has 0 saturated carbocycles. The van der Waals surface area contributed by atoms with E-state index in [-0.39, 0.29) is 12.3 Å². The van der Waals surface area contributed by atoms with Crippen LogP contribution in [0.4, 0.5) is 0 Å². The summed E-state index contributed by atoms with van der Waals surface area (Å²) in [7, 11) is 0. The highest BCUT2D eigenvalue weighted by molar-refractivity contribution is 5.87. The van der Waals surface area contributed by atoms with E-state index in [1.165, 1.54) is 0 Å². The van der Waals surface area contributed by atoms with Gasteiger partial charge < -0.3 is 10.0 Å². The van der Waals surface area contributed by atoms with Gasteiger partial charge in [-0.1, -0.05) is 42.5 Å². The summed E-state index contributed by atoms with van der Waals surface area (Å²) in [6, 6.07) is 13.8. The molecule has 0 bridgehead atoms. The van der Waals surface area contributed by atoms with Crippen molar-refractivity contribution < 1.29 is 14.7 Å². The average molecular weight is 313 g/mol. The van der Waals surface area contributed by atoms with Crippen molar-refractivity contribution in [2.75, 3.05) is 13.1 Å². The summed E-state index contributed by atoms with van der Waals surface area (Å²) in [5.41, 5.74) is 0.975. The number of amides is 1. The summed E-state index contributed by atoms with van der Waals surface area (Å²) in [4.78, 5) is 25.5. The standard InChI is InChI=1S/C19H23NO3/c1-3-20(4-2)18(21)13-16(19(22)23)12-15-10-7-9-14-8-5-6-11-17(14)15/h5-11,16H,3-4,12-13H2,1-2H3,(H,22,23)/t16-/m1/s1. The highest BCUT2D eigenvalue weighted by atomic mass is 16.4. The molecule has 0 unspecified atom stereocenters. The monoisotopic (exact) mass is 313 g/mol. The van der Waals surface area contributed by atoms with E-state index in [4.69, 9.17) is 0 Å². The maximum absolute atomic E-state index is 12.2. The Hall–Kier alpha value is -2.36. The molecule has 2 rings (SSSR count). The van der Waals surface area contributed by atoms with E-state index in [2.05, 4.69) is 0 Å². The van der Waals surface area contributed by atoms with Crippen LogP contribution in [-0.4, -0.2) is 35.0 Å². The fourth-order valence-electron chi connectivity index (χ4n) is 2.90. The third-order valence-electron chi connectivity index (χ3n) is 4.23. The number of rotatable bonds is 7. The second-order valence-electron chi connectivity index (χ2n) is 5.65. The van der Waals surface area contributed by atoms with Gasteiger partial charge in [0.1, 0.15) is 0 Å². The Bertz CT molecular complexity index is 687. The van der Waals surface area contributed by atoms with Crippen LogP contribution >= 0.6 is 0 Å².